The number of nitrogens with one attached hydrogen (secondary N) is 2. The van der Waals surface area contributed by atoms with E-state index < -0.39 is 0 Å². The van der Waals surface area contributed by atoms with Gasteiger partial charge in [0.25, 0.3) is 0 Å². The van der Waals surface area contributed by atoms with Crippen molar-refractivity contribution in [2.24, 2.45) is 0 Å². The molecule has 17 heavy (non-hydrogen) atoms. The van der Waals surface area contributed by atoms with Crippen LogP contribution < -0.4 is 10.9 Å². The lowest BCUT2D eigenvalue weighted by atomic mass is 10.2. The molecular formula is C14H16N2S. The van der Waals surface area contributed by atoms with Gasteiger partial charge in [0.2, 0.25) is 0 Å². The molecule has 0 bridgehead atoms. The van der Waals surface area contributed by atoms with Crippen LogP contribution in [-0.2, 0) is 6.54 Å². The Morgan fingerprint density at radius 2 is 1.82 bits per heavy atom. The predicted molar refractivity (Wildman–Crippen MR) is 75.1 cm³/mol. The molecule has 0 atom stereocenters. The third-order valence-electron chi connectivity index (χ3n) is 2.43. The summed E-state index contributed by atoms with van der Waals surface area (Å²) in [7, 11) is 0. The zero-order chi connectivity index (χ0) is 11.9. The summed E-state index contributed by atoms with van der Waals surface area (Å²) in [5, 5.41) is 0. The summed E-state index contributed by atoms with van der Waals surface area (Å²) in [5.74, 6) is 0. The van der Waals surface area contributed by atoms with Crippen LogP contribution in [0.2, 0.25) is 0 Å². The van der Waals surface area contributed by atoms with Crippen LogP contribution >= 0.6 is 11.8 Å². The maximum absolute atomic E-state index is 3.21. The fourth-order valence-electron chi connectivity index (χ4n) is 1.55. The molecule has 0 amide bonds. The lowest BCUT2D eigenvalue weighted by Crippen LogP contribution is -2.20. The molecule has 2 nitrogen and oxygen atoms in total. The second-order valence-corrected chi connectivity index (χ2v) is 4.58. The smallest absolute Gasteiger partial charge is 0.0487 e. The molecule has 0 radical (unpaired) electrons. The molecule has 2 aromatic carbocycles. The lowest BCUT2D eigenvalue weighted by molar-refractivity contribution is 0.799. The van der Waals surface area contributed by atoms with Gasteiger partial charge in [-0.1, -0.05) is 30.3 Å². The van der Waals surface area contributed by atoms with Gasteiger partial charge in [-0.2, -0.15) is 0 Å². The van der Waals surface area contributed by atoms with Crippen LogP contribution in [0.15, 0.2) is 59.5 Å². The van der Waals surface area contributed by atoms with Gasteiger partial charge in [-0.15, -0.1) is 11.8 Å². The largest absolute Gasteiger partial charge is 0.321 e. The summed E-state index contributed by atoms with van der Waals surface area (Å²) in [6.45, 7) is 0.809. The van der Waals surface area contributed by atoms with E-state index in [1.807, 2.05) is 30.3 Å². The van der Waals surface area contributed by atoms with E-state index in [0.717, 1.165) is 12.2 Å². The molecule has 88 valence electrons. The molecule has 2 N–H and O–H groups in total. The van der Waals surface area contributed by atoms with Crippen molar-refractivity contribution >= 4 is 17.4 Å². The van der Waals surface area contributed by atoms with Crippen LogP contribution in [-0.4, -0.2) is 6.26 Å². The topological polar surface area (TPSA) is 24.1 Å². The van der Waals surface area contributed by atoms with E-state index in [4.69, 9.17) is 0 Å². The van der Waals surface area contributed by atoms with Crippen LogP contribution in [0.4, 0.5) is 5.69 Å². The molecule has 0 aliphatic heterocycles. The molecular weight excluding hydrogens is 228 g/mol. The highest BCUT2D eigenvalue weighted by Gasteiger charge is 1.94. The Hall–Kier alpha value is -1.45. The number of rotatable bonds is 5. The lowest BCUT2D eigenvalue weighted by Gasteiger charge is -2.08. The summed E-state index contributed by atoms with van der Waals surface area (Å²) < 4.78 is 0. The zero-order valence-corrected chi connectivity index (χ0v) is 10.6. The Bertz CT molecular complexity index is 457. The Labute approximate surface area is 106 Å². The first-order valence-electron chi connectivity index (χ1n) is 5.55. The fourth-order valence-corrected chi connectivity index (χ4v) is 2.04. The molecule has 0 aliphatic carbocycles. The molecule has 0 saturated carbocycles. The Kier molecular flexibility index (Phi) is 4.47. The third-order valence-corrected chi connectivity index (χ3v) is 3.16. The Balaban J connectivity index is 1.86. The van der Waals surface area contributed by atoms with E-state index in [-0.39, 0.29) is 0 Å². The number of hydrogen-bond donors (Lipinski definition) is 2. The van der Waals surface area contributed by atoms with Gasteiger partial charge >= 0.3 is 0 Å². The second kappa shape index (κ2) is 6.33. The number of benzene rings is 2. The highest BCUT2D eigenvalue weighted by Crippen LogP contribution is 2.15. The standard InChI is InChI=1S/C14H16N2S/c1-17-14-9-5-6-12(10-14)11-15-16-13-7-3-2-4-8-13/h2-10,15-16H,11H2,1H3. The Morgan fingerprint density at radius 1 is 1.00 bits per heavy atom. The molecule has 0 unspecified atom stereocenters. The Morgan fingerprint density at radius 3 is 2.59 bits per heavy atom. The maximum Gasteiger partial charge on any atom is 0.0487 e. The number of para-hydroxylation sites is 1. The SMILES string of the molecule is CSc1cccc(CNNc2ccccc2)c1. The molecule has 0 aromatic heterocycles. The molecule has 2 rings (SSSR count). The van der Waals surface area contributed by atoms with E-state index in [1.54, 1.807) is 11.8 Å². The first-order chi connectivity index (χ1) is 8.38. The van der Waals surface area contributed by atoms with Gasteiger partial charge < -0.3 is 5.43 Å². The van der Waals surface area contributed by atoms with E-state index in [0.29, 0.717) is 0 Å². The zero-order valence-electron chi connectivity index (χ0n) is 9.81. The second-order valence-electron chi connectivity index (χ2n) is 3.70. The van der Waals surface area contributed by atoms with Crippen molar-refractivity contribution in [1.29, 1.82) is 0 Å². The molecule has 0 spiro atoms. The highest BCUT2D eigenvalue weighted by atomic mass is 32.2. The quantitative estimate of drug-likeness (QED) is 0.621. The van der Waals surface area contributed by atoms with Crippen LogP contribution in [0, 0.1) is 0 Å². The average molecular weight is 244 g/mol. The van der Waals surface area contributed by atoms with Gasteiger partial charge in [0.1, 0.15) is 0 Å². The van der Waals surface area contributed by atoms with Crippen molar-refractivity contribution in [1.82, 2.24) is 5.43 Å². The predicted octanol–water partition coefficient (Wildman–Crippen LogP) is 3.53. The van der Waals surface area contributed by atoms with Crippen LogP contribution in [0.1, 0.15) is 5.56 Å². The minimum atomic E-state index is 0.809. The van der Waals surface area contributed by atoms with E-state index in [9.17, 15) is 0 Å². The summed E-state index contributed by atoms with van der Waals surface area (Å²) in [6.07, 6.45) is 2.09. The number of hydrazine groups is 1. The third kappa shape index (κ3) is 3.80. The molecule has 0 fully saturated rings. The van der Waals surface area contributed by atoms with Crippen molar-refractivity contribution in [3.05, 3.63) is 60.2 Å². The monoisotopic (exact) mass is 244 g/mol. The fraction of sp³-hybridized carbons (Fsp3) is 0.143. The van der Waals surface area contributed by atoms with Crippen molar-refractivity contribution in [3.8, 4) is 0 Å². The van der Waals surface area contributed by atoms with Crippen molar-refractivity contribution in [2.45, 2.75) is 11.4 Å². The van der Waals surface area contributed by atoms with Gasteiger partial charge in [0.15, 0.2) is 0 Å². The summed E-state index contributed by atoms with van der Waals surface area (Å²) >= 11 is 1.76. The first-order valence-corrected chi connectivity index (χ1v) is 6.78. The van der Waals surface area contributed by atoms with Crippen LogP contribution in [0.3, 0.4) is 0 Å². The van der Waals surface area contributed by atoms with Crippen molar-refractivity contribution in [2.75, 3.05) is 11.7 Å². The van der Waals surface area contributed by atoms with Crippen LogP contribution in [0.25, 0.3) is 0 Å². The van der Waals surface area contributed by atoms with Crippen LogP contribution in [0.5, 0.6) is 0 Å². The highest BCUT2D eigenvalue weighted by molar-refractivity contribution is 7.98. The normalized spacial score (nSPS) is 10.2. The molecule has 0 heterocycles. The summed E-state index contributed by atoms with van der Waals surface area (Å²) in [4.78, 5) is 1.30. The van der Waals surface area contributed by atoms with Gasteiger partial charge in [-0.05, 0) is 36.1 Å². The number of thioether (sulfide) groups is 1. The molecule has 0 saturated heterocycles. The summed E-state index contributed by atoms with van der Waals surface area (Å²) in [6, 6.07) is 18.6. The minimum absolute atomic E-state index is 0.809. The molecule has 2 aromatic rings. The molecule has 0 aliphatic rings. The summed E-state index contributed by atoms with van der Waals surface area (Å²) in [5.41, 5.74) is 8.74. The van der Waals surface area contributed by atoms with Gasteiger partial charge in [-0.3, -0.25) is 0 Å². The van der Waals surface area contributed by atoms with Gasteiger partial charge in [0, 0.05) is 17.1 Å². The average Bonchev–Trinajstić information content (AvgIpc) is 2.40. The number of anilines is 1. The van der Waals surface area contributed by atoms with Crippen molar-refractivity contribution in [3.63, 3.8) is 0 Å². The maximum atomic E-state index is 3.21. The van der Waals surface area contributed by atoms with E-state index >= 15 is 0 Å². The van der Waals surface area contributed by atoms with Gasteiger partial charge in [-0.25, -0.2) is 5.43 Å². The number of hydrogen-bond acceptors (Lipinski definition) is 3. The van der Waals surface area contributed by atoms with Crippen molar-refractivity contribution < 1.29 is 0 Å². The molecule has 3 heteroatoms. The van der Waals surface area contributed by atoms with E-state index in [2.05, 4.69) is 41.4 Å². The van der Waals surface area contributed by atoms with Gasteiger partial charge in [0.05, 0.1) is 0 Å². The van der Waals surface area contributed by atoms with E-state index in [1.165, 1.54) is 10.5 Å². The minimum Gasteiger partial charge on any atom is -0.321 e. The first kappa shape index (κ1) is 12.0.